The predicted octanol–water partition coefficient (Wildman–Crippen LogP) is 3.66. The van der Waals surface area contributed by atoms with E-state index in [1.165, 1.54) is 0 Å². The van der Waals surface area contributed by atoms with E-state index >= 15 is 0 Å². The van der Waals surface area contributed by atoms with E-state index in [9.17, 15) is 4.79 Å². The molecule has 0 amide bonds. The Morgan fingerprint density at radius 2 is 1.67 bits per heavy atom. The Hall–Kier alpha value is -0.800. The summed E-state index contributed by atoms with van der Waals surface area (Å²) in [5.41, 5.74) is 5.54. The summed E-state index contributed by atoms with van der Waals surface area (Å²) in [7, 11) is 0. The Morgan fingerprint density at radius 1 is 1.33 bits per heavy atom. The highest BCUT2D eigenvalue weighted by Crippen LogP contribution is 2.05. The third kappa shape index (κ3) is 13.2. The molecular formula is C12H25NOS. The first kappa shape index (κ1) is 19.7. The highest BCUT2D eigenvalue weighted by Gasteiger charge is 1.85. The Morgan fingerprint density at radius 3 is 1.93 bits per heavy atom. The van der Waals surface area contributed by atoms with Crippen LogP contribution in [0.4, 0.5) is 0 Å². The van der Waals surface area contributed by atoms with E-state index in [2.05, 4.69) is 12.6 Å². The zero-order valence-corrected chi connectivity index (χ0v) is 9.92. The van der Waals surface area contributed by atoms with E-state index in [0.717, 1.165) is 17.7 Å². The zero-order chi connectivity index (χ0) is 11.4. The van der Waals surface area contributed by atoms with Crippen LogP contribution in [0.25, 0.3) is 0 Å². The number of aldehydes is 1. The minimum absolute atomic E-state index is 0. The van der Waals surface area contributed by atoms with Crippen LogP contribution in [0.2, 0.25) is 0 Å². The second-order valence-corrected chi connectivity index (χ2v) is 2.63. The number of nitrogens with two attached hydrogens (primary N) is 1. The Labute approximate surface area is 101 Å². The van der Waals surface area contributed by atoms with Crippen LogP contribution in [0.3, 0.4) is 0 Å². The summed E-state index contributed by atoms with van der Waals surface area (Å²) in [4.78, 5) is 11.0. The summed E-state index contributed by atoms with van der Waals surface area (Å²) in [6, 6.07) is 7.03. The molecule has 0 heterocycles. The van der Waals surface area contributed by atoms with E-state index in [4.69, 9.17) is 5.73 Å². The summed E-state index contributed by atoms with van der Waals surface area (Å²) in [6.45, 7) is 6.65. The van der Waals surface area contributed by atoms with Gasteiger partial charge in [0.15, 0.2) is 0 Å². The monoisotopic (exact) mass is 231 g/mol. The second-order valence-electron chi connectivity index (χ2n) is 2.12. The van der Waals surface area contributed by atoms with Crippen LogP contribution in [0.15, 0.2) is 29.2 Å². The van der Waals surface area contributed by atoms with Crippen LogP contribution in [-0.2, 0) is 0 Å². The van der Waals surface area contributed by atoms with Crippen LogP contribution < -0.4 is 5.73 Å². The first-order valence-electron chi connectivity index (χ1n) is 4.68. The molecule has 0 aliphatic carbocycles. The number of thiol groups is 1. The minimum atomic E-state index is 0. The Bertz CT molecular complexity index is 227. The average Bonchev–Trinajstić information content (AvgIpc) is 2.23. The molecule has 2 N–H and O–H groups in total. The molecule has 0 saturated carbocycles. The minimum Gasteiger partial charge on any atom is -0.331 e. The predicted molar refractivity (Wildman–Crippen MR) is 74.0 cm³/mol. The third-order valence-corrected chi connectivity index (χ3v) is 1.33. The second kappa shape index (κ2) is 15.7. The van der Waals surface area contributed by atoms with Crippen molar-refractivity contribution in [1.82, 2.24) is 0 Å². The van der Waals surface area contributed by atoms with Crippen LogP contribution in [0.5, 0.6) is 0 Å². The molecule has 0 atom stereocenters. The molecule has 0 saturated heterocycles. The summed E-state index contributed by atoms with van der Waals surface area (Å²) in [5, 5.41) is 0. The fourth-order valence-corrected chi connectivity index (χ4v) is 0.702. The third-order valence-electron chi connectivity index (χ3n) is 1.03. The van der Waals surface area contributed by atoms with Gasteiger partial charge in [0.2, 0.25) is 0 Å². The molecule has 0 aliphatic heterocycles. The molecule has 1 aromatic carbocycles. The van der Waals surface area contributed by atoms with E-state index in [-0.39, 0.29) is 8.85 Å². The molecule has 1 rings (SSSR count). The number of hydrogen-bond acceptors (Lipinski definition) is 3. The fourth-order valence-electron chi connectivity index (χ4n) is 0.553. The number of carbonyl (C=O) groups is 1. The summed E-state index contributed by atoms with van der Waals surface area (Å²) < 4.78 is 0. The van der Waals surface area contributed by atoms with Crippen molar-refractivity contribution in [3.63, 3.8) is 0 Å². The lowest BCUT2D eigenvalue weighted by Gasteiger charge is -1.88. The van der Waals surface area contributed by atoms with E-state index in [1.807, 2.05) is 20.8 Å². The summed E-state index contributed by atoms with van der Waals surface area (Å²) in [5.74, 6) is 0. The molecule has 15 heavy (non-hydrogen) atoms. The largest absolute Gasteiger partial charge is 0.331 e. The van der Waals surface area contributed by atoms with Gasteiger partial charge in [-0.25, -0.2) is 0 Å². The van der Waals surface area contributed by atoms with Gasteiger partial charge in [0.1, 0.15) is 6.29 Å². The molecular weight excluding hydrogens is 206 g/mol. The van der Waals surface area contributed by atoms with Crippen molar-refractivity contribution in [2.24, 2.45) is 5.73 Å². The van der Waals surface area contributed by atoms with Crippen molar-refractivity contribution < 1.29 is 6.22 Å². The smallest absolute Gasteiger partial charge is 0.150 e. The molecule has 90 valence electrons. The van der Waals surface area contributed by atoms with Gasteiger partial charge in [-0.15, -0.1) is 12.6 Å². The maximum atomic E-state index is 10.1. The average molecular weight is 231 g/mol. The first-order valence-corrected chi connectivity index (χ1v) is 5.13. The fraction of sp³-hybridized carbons (Fsp3) is 0.417. The van der Waals surface area contributed by atoms with Crippen molar-refractivity contribution in [3.05, 3.63) is 29.8 Å². The summed E-state index contributed by atoms with van der Waals surface area (Å²) >= 11 is 4.05. The number of benzene rings is 1. The van der Waals surface area contributed by atoms with Crippen LogP contribution in [-0.4, -0.2) is 12.8 Å². The van der Waals surface area contributed by atoms with Crippen LogP contribution in [0.1, 0.15) is 40.0 Å². The van der Waals surface area contributed by atoms with Gasteiger partial charge < -0.3 is 5.73 Å². The van der Waals surface area contributed by atoms with Crippen molar-refractivity contribution in [2.45, 2.75) is 33.1 Å². The highest BCUT2D eigenvalue weighted by molar-refractivity contribution is 7.80. The van der Waals surface area contributed by atoms with Gasteiger partial charge in [-0.2, -0.15) is 0 Å². The number of carbonyl (C=O) groups excluding carboxylic acids is 1. The molecule has 0 aliphatic rings. The standard InChI is InChI=1S/C7H6OS.C2H7N.C2H6.CH4.H2/c8-5-6-1-3-7(9)4-2-6;1-2-3;1-2;;/h1-5,9H;2-3H2,1H3;1-2H3;1H4;1H. The van der Waals surface area contributed by atoms with Crippen LogP contribution in [0, 0.1) is 0 Å². The van der Waals surface area contributed by atoms with Crippen molar-refractivity contribution in [1.29, 1.82) is 0 Å². The molecule has 0 fully saturated rings. The molecule has 0 bridgehead atoms. The number of rotatable bonds is 1. The van der Waals surface area contributed by atoms with Gasteiger partial charge >= 0.3 is 0 Å². The maximum Gasteiger partial charge on any atom is 0.150 e. The first-order chi connectivity index (χ1) is 6.74. The zero-order valence-electron chi connectivity index (χ0n) is 9.03. The summed E-state index contributed by atoms with van der Waals surface area (Å²) in [6.07, 6.45) is 0.813. The van der Waals surface area contributed by atoms with Gasteiger partial charge in [-0.1, -0.05) is 40.3 Å². The molecule has 3 heteroatoms. The molecule has 0 unspecified atom stereocenters. The molecule has 0 spiro atoms. The van der Waals surface area contributed by atoms with Gasteiger partial charge in [-0.3, -0.25) is 4.79 Å². The number of hydrogen-bond donors (Lipinski definition) is 2. The lowest BCUT2D eigenvalue weighted by molar-refractivity contribution is 0.112. The van der Waals surface area contributed by atoms with E-state index in [0.29, 0.717) is 5.56 Å². The lowest BCUT2D eigenvalue weighted by Crippen LogP contribution is -1.87. The van der Waals surface area contributed by atoms with Crippen molar-refractivity contribution in [2.75, 3.05) is 6.54 Å². The van der Waals surface area contributed by atoms with Gasteiger partial charge in [0.25, 0.3) is 0 Å². The molecule has 0 aromatic heterocycles. The quantitative estimate of drug-likeness (QED) is 0.572. The Balaban J connectivity index is -0.0000000907. The maximum absolute atomic E-state index is 10.1. The topological polar surface area (TPSA) is 43.1 Å². The van der Waals surface area contributed by atoms with Gasteiger partial charge in [-0.05, 0) is 18.7 Å². The van der Waals surface area contributed by atoms with Crippen LogP contribution >= 0.6 is 12.6 Å². The SMILES string of the molecule is C.CC.CCN.O=Cc1ccc(S)cc1.[HH]. The van der Waals surface area contributed by atoms with Gasteiger partial charge in [0.05, 0.1) is 0 Å². The molecule has 2 nitrogen and oxygen atoms in total. The normalized spacial score (nSPS) is 7.00. The van der Waals surface area contributed by atoms with E-state index < -0.39 is 0 Å². The van der Waals surface area contributed by atoms with Crippen molar-refractivity contribution >= 4 is 18.9 Å². The van der Waals surface area contributed by atoms with E-state index in [1.54, 1.807) is 24.3 Å². The molecule has 0 radical (unpaired) electrons. The van der Waals surface area contributed by atoms with Gasteiger partial charge in [0, 0.05) is 11.9 Å². The van der Waals surface area contributed by atoms with Crippen molar-refractivity contribution in [3.8, 4) is 0 Å². The highest BCUT2D eigenvalue weighted by atomic mass is 32.1. The lowest BCUT2D eigenvalue weighted by atomic mass is 10.2. The molecule has 1 aromatic rings. The Kier molecular flexibility index (Phi) is 20.6.